The molecular formula is C13H22ClN. The van der Waals surface area contributed by atoms with Gasteiger partial charge in [-0.25, -0.2) is 0 Å². The molecule has 0 fully saturated rings. The van der Waals surface area contributed by atoms with E-state index in [4.69, 9.17) is 0 Å². The maximum absolute atomic E-state index is 4.21. The molecule has 86 valence electrons. The zero-order valence-electron chi connectivity index (χ0n) is 10.1. The summed E-state index contributed by atoms with van der Waals surface area (Å²) in [5, 5.41) is 0. The van der Waals surface area contributed by atoms with Crippen molar-refractivity contribution in [2.45, 2.75) is 39.7 Å². The van der Waals surface area contributed by atoms with Gasteiger partial charge in [0.15, 0.2) is 0 Å². The van der Waals surface area contributed by atoms with Gasteiger partial charge in [-0.15, -0.1) is 0 Å². The van der Waals surface area contributed by atoms with E-state index in [0.717, 1.165) is 0 Å². The lowest BCUT2D eigenvalue weighted by Gasteiger charge is -2.14. The monoisotopic (exact) mass is 227 g/mol. The molecule has 1 aromatic carbocycles. The summed E-state index contributed by atoms with van der Waals surface area (Å²) in [4.78, 5) is 0. The normalized spacial score (nSPS) is 12.7. The van der Waals surface area contributed by atoms with Crippen LogP contribution >= 0.6 is 0 Å². The van der Waals surface area contributed by atoms with E-state index in [-0.39, 0.29) is 12.4 Å². The third-order valence-electron chi connectivity index (χ3n) is 2.81. The van der Waals surface area contributed by atoms with Crippen molar-refractivity contribution in [2.24, 2.45) is 5.92 Å². The van der Waals surface area contributed by atoms with Crippen LogP contribution in [0.5, 0.6) is 0 Å². The molecule has 1 nitrogen and oxygen atoms in total. The Kier molecular flexibility index (Phi) is 5.92. The Hall–Kier alpha value is -0.530. The van der Waals surface area contributed by atoms with Crippen LogP contribution in [0.1, 0.15) is 50.8 Å². The molecule has 1 atom stereocenters. The SMILES string of the molecule is CC(C)c1cccc([C@@H]([NH3+])C(C)C)c1.[Cl-]. The average molecular weight is 228 g/mol. The van der Waals surface area contributed by atoms with Gasteiger partial charge in [-0.1, -0.05) is 45.9 Å². The van der Waals surface area contributed by atoms with Crippen molar-refractivity contribution in [2.75, 3.05) is 0 Å². The van der Waals surface area contributed by atoms with Gasteiger partial charge < -0.3 is 18.1 Å². The smallest absolute Gasteiger partial charge is 0.112 e. The molecule has 0 heterocycles. The quantitative estimate of drug-likeness (QED) is 0.738. The van der Waals surface area contributed by atoms with Crippen molar-refractivity contribution in [1.82, 2.24) is 0 Å². The first kappa shape index (κ1) is 14.5. The molecule has 0 amide bonds. The van der Waals surface area contributed by atoms with Crippen LogP contribution in [-0.2, 0) is 0 Å². The zero-order chi connectivity index (χ0) is 10.7. The molecule has 0 aliphatic rings. The van der Waals surface area contributed by atoms with Crippen molar-refractivity contribution < 1.29 is 18.1 Å². The highest BCUT2D eigenvalue weighted by Crippen LogP contribution is 2.21. The molecule has 0 unspecified atom stereocenters. The van der Waals surface area contributed by atoms with E-state index in [1.807, 2.05) is 0 Å². The van der Waals surface area contributed by atoms with Crippen molar-refractivity contribution in [1.29, 1.82) is 0 Å². The van der Waals surface area contributed by atoms with Crippen LogP contribution in [0.4, 0.5) is 0 Å². The highest BCUT2D eigenvalue weighted by atomic mass is 35.5. The van der Waals surface area contributed by atoms with Gasteiger partial charge in [-0.2, -0.15) is 0 Å². The Labute approximate surface area is 99.5 Å². The summed E-state index contributed by atoms with van der Waals surface area (Å²) in [5.41, 5.74) is 6.99. The molecule has 2 heteroatoms. The standard InChI is InChI=1S/C13H21N.ClH/c1-9(2)11-6-5-7-12(8-11)13(14)10(3)4;/h5-10,13H,14H2,1-4H3;1H/t13-;/m0./s1. The van der Waals surface area contributed by atoms with Crippen molar-refractivity contribution >= 4 is 0 Å². The van der Waals surface area contributed by atoms with Gasteiger partial charge in [-0.05, 0) is 17.5 Å². The molecule has 3 N–H and O–H groups in total. The van der Waals surface area contributed by atoms with Crippen LogP contribution in [0.3, 0.4) is 0 Å². The first-order chi connectivity index (χ1) is 6.52. The number of quaternary nitrogens is 1. The summed E-state index contributed by atoms with van der Waals surface area (Å²) in [6.07, 6.45) is 0. The second kappa shape index (κ2) is 6.14. The second-order valence-electron chi connectivity index (χ2n) is 4.68. The van der Waals surface area contributed by atoms with Crippen LogP contribution < -0.4 is 18.1 Å². The van der Waals surface area contributed by atoms with Crippen LogP contribution in [0.25, 0.3) is 0 Å². The van der Waals surface area contributed by atoms with Gasteiger partial charge in [0.25, 0.3) is 0 Å². The van der Waals surface area contributed by atoms with Crippen LogP contribution in [0.2, 0.25) is 0 Å². The number of halogens is 1. The summed E-state index contributed by atoms with van der Waals surface area (Å²) in [7, 11) is 0. The summed E-state index contributed by atoms with van der Waals surface area (Å²) >= 11 is 0. The topological polar surface area (TPSA) is 27.6 Å². The molecule has 0 aliphatic carbocycles. The molecule has 15 heavy (non-hydrogen) atoms. The molecule has 0 spiro atoms. The van der Waals surface area contributed by atoms with Crippen molar-refractivity contribution in [3.63, 3.8) is 0 Å². The van der Waals surface area contributed by atoms with Gasteiger partial charge in [0, 0.05) is 11.5 Å². The molecule has 0 saturated heterocycles. The number of benzene rings is 1. The third-order valence-corrected chi connectivity index (χ3v) is 2.81. The minimum absolute atomic E-state index is 0. The van der Waals surface area contributed by atoms with Crippen molar-refractivity contribution in [3.8, 4) is 0 Å². The molecule has 0 aromatic heterocycles. The Morgan fingerprint density at radius 3 is 2.00 bits per heavy atom. The number of rotatable bonds is 3. The fourth-order valence-corrected chi connectivity index (χ4v) is 1.53. The molecular weight excluding hydrogens is 206 g/mol. The summed E-state index contributed by atoms with van der Waals surface area (Å²) < 4.78 is 0. The molecule has 1 rings (SSSR count). The highest BCUT2D eigenvalue weighted by molar-refractivity contribution is 5.27. The minimum Gasteiger partial charge on any atom is -1.00 e. The number of hydrogen-bond donors (Lipinski definition) is 1. The van der Waals surface area contributed by atoms with E-state index in [0.29, 0.717) is 17.9 Å². The maximum atomic E-state index is 4.21. The van der Waals surface area contributed by atoms with Crippen LogP contribution in [0, 0.1) is 5.92 Å². The minimum atomic E-state index is 0. The van der Waals surface area contributed by atoms with Gasteiger partial charge in [0.2, 0.25) is 0 Å². The Morgan fingerprint density at radius 2 is 1.53 bits per heavy atom. The van der Waals surface area contributed by atoms with Crippen LogP contribution in [0.15, 0.2) is 24.3 Å². The first-order valence-electron chi connectivity index (χ1n) is 5.45. The van der Waals surface area contributed by atoms with E-state index < -0.39 is 0 Å². The van der Waals surface area contributed by atoms with Gasteiger partial charge in [0.1, 0.15) is 6.04 Å². The molecule has 0 saturated carbocycles. The fraction of sp³-hybridized carbons (Fsp3) is 0.538. The lowest BCUT2D eigenvalue weighted by atomic mass is 9.93. The predicted molar refractivity (Wildman–Crippen MR) is 61.0 cm³/mol. The summed E-state index contributed by atoms with van der Waals surface area (Å²) in [5.74, 6) is 1.21. The van der Waals surface area contributed by atoms with E-state index in [1.165, 1.54) is 11.1 Å². The number of hydrogen-bond acceptors (Lipinski definition) is 0. The Bertz CT molecular complexity index is 294. The van der Waals surface area contributed by atoms with E-state index in [9.17, 15) is 0 Å². The van der Waals surface area contributed by atoms with Gasteiger partial charge in [0.05, 0.1) is 0 Å². The van der Waals surface area contributed by atoms with Crippen molar-refractivity contribution in [3.05, 3.63) is 35.4 Å². The molecule has 1 aromatic rings. The first-order valence-corrected chi connectivity index (χ1v) is 5.45. The fourth-order valence-electron chi connectivity index (χ4n) is 1.53. The average Bonchev–Trinajstić information content (AvgIpc) is 2.16. The summed E-state index contributed by atoms with van der Waals surface area (Å²) in [6.45, 7) is 8.90. The van der Waals surface area contributed by atoms with E-state index in [1.54, 1.807) is 0 Å². The molecule has 0 aliphatic heterocycles. The van der Waals surface area contributed by atoms with Gasteiger partial charge in [-0.3, -0.25) is 0 Å². The maximum Gasteiger partial charge on any atom is 0.112 e. The largest absolute Gasteiger partial charge is 1.00 e. The lowest BCUT2D eigenvalue weighted by molar-refractivity contribution is -0.438. The predicted octanol–water partition coefficient (Wildman–Crippen LogP) is -0.247. The zero-order valence-corrected chi connectivity index (χ0v) is 10.9. The lowest BCUT2D eigenvalue weighted by Crippen LogP contribution is -3.00. The van der Waals surface area contributed by atoms with Crippen LogP contribution in [-0.4, -0.2) is 0 Å². The Morgan fingerprint density at radius 1 is 1.00 bits per heavy atom. The highest BCUT2D eigenvalue weighted by Gasteiger charge is 2.14. The van der Waals surface area contributed by atoms with E-state index in [2.05, 4.69) is 57.7 Å². The molecule has 0 radical (unpaired) electrons. The van der Waals surface area contributed by atoms with Gasteiger partial charge >= 0.3 is 0 Å². The van der Waals surface area contributed by atoms with E-state index >= 15 is 0 Å². The summed E-state index contributed by atoms with van der Waals surface area (Å²) in [6, 6.07) is 9.23. The Balaban J connectivity index is 0.00000196. The second-order valence-corrected chi connectivity index (χ2v) is 4.68. The third kappa shape index (κ3) is 3.84. The molecule has 0 bridgehead atoms.